The van der Waals surface area contributed by atoms with Crippen molar-refractivity contribution in [1.82, 2.24) is 19.7 Å². The highest BCUT2D eigenvalue weighted by Gasteiger charge is 2.22. The standard InChI is InChI=1S/C21H19Cl2FN4O2/c1-11(19-17(22)2-3-18(24)20(19)23)16-7-26-21-15(16)4-12(5-25-21)13-6-27-28(8-13)9-14(30)10-29/h2-8,11,14,29-30H,9-10H2,1H3,(H,25,26)/t11-,14?/m0/s1. The molecule has 4 aromatic rings. The molecular formula is C21H19Cl2FN4O2. The van der Waals surface area contributed by atoms with Gasteiger partial charge >= 0.3 is 0 Å². The van der Waals surface area contributed by atoms with Crippen molar-refractivity contribution in [3.63, 3.8) is 0 Å². The molecule has 6 nitrogen and oxygen atoms in total. The molecule has 0 spiro atoms. The minimum Gasteiger partial charge on any atom is -0.394 e. The minimum atomic E-state index is -0.878. The van der Waals surface area contributed by atoms with Crippen molar-refractivity contribution in [3.8, 4) is 11.1 Å². The summed E-state index contributed by atoms with van der Waals surface area (Å²) in [7, 11) is 0. The zero-order chi connectivity index (χ0) is 21.4. The first kappa shape index (κ1) is 20.8. The Bertz CT molecular complexity index is 1210. The van der Waals surface area contributed by atoms with Gasteiger partial charge in [-0.3, -0.25) is 4.68 Å². The Hall–Kier alpha value is -2.45. The maximum atomic E-state index is 14.0. The first-order chi connectivity index (χ1) is 14.4. The second kappa shape index (κ2) is 8.35. The molecule has 3 heterocycles. The van der Waals surface area contributed by atoms with Crippen molar-refractivity contribution in [2.45, 2.75) is 25.5 Å². The molecule has 30 heavy (non-hydrogen) atoms. The fourth-order valence-electron chi connectivity index (χ4n) is 3.52. The SMILES string of the molecule is C[C@H](c1c(Cl)ccc(F)c1Cl)c1c[nH]c2ncc(-c3cnn(CC(O)CO)c3)cc12. The number of H-pyrrole nitrogens is 1. The van der Waals surface area contributed by atoms with Crippen LogP contribution in [0.15, 0.2) is 43.0 Å². The van der Waals surface area contributed by atoms with Crippen molar-refractivity contribution in [2.24, 2.45) is 0 Å². The van der Waals surface area contributed by atoms with Gasteiger partial charge in [-0.05, 0) is 29.3 Å². The average Bonchev–Trinajstić information content (AvgIpc) is 3.37. The minimum absolute atomic E-state index is 0.0113. The maximum Gasteiger partial charge on any atom is 0.142 e. The van der Waals surface area contributed by atoms with Gasteiger partial charge in [0.25, 0.3) is 0 Å². The predicted molar refractivity (Wildman–Crippen MR) is 114 cm³/mol. The number of rotatable bonds is 6. The summed E-state index contributed by atoms with van der Waals surface area (Å²) in [6.07, 6.45) is 6.11. The fourth-order valence-corrected chi connectivity index (χ4v) is 4.22. The zero-order valence-corrected chi connectivity index (χ0v) is 17.5. The van der Waals surface area contributed by atoms with Gasteiger partial charge in [0.1, 0.15) is 11.5 Å². The molecule has 0 saturated heterocycles. The molecule has 156 valence electrons. The molecule has 0 aliphatic heterocycles. The summed E-state index contributed by atoms with van der Waals surface area (Å²) in [5.74, 6) is -0.784. The van der Waals surface area contributed by atoms with Crippen LogP contribution < -0.4 is 0 Å². The summed E-state index contributed by atoms with van der Waals surface area (Å²) in [5, 5.41) is 24.1. The maximum absolute atomic E-state index is 14.0. The van der Waals surface area contributed by atoms with E-state index in [1.807, 2.05) is 19.2 Å². The van der Waals surface area contributed by atoms with Gasteiger partial charge in [-0.2, -0.15) is 5.10 Å². The van der Waals surface area contributed by atoms with E-state index < -0.39 is 11.9 Å². The third-order valence-corrected chi connectivity index (χ3v) is 5.83. The van der Waals surface area contributed by atoms with Crippen LogP contribution in [0.3, 0.4) is 0 Å². The molecule has 1 unspecified atom stereocenters. The van der Waals surface area contributed by atoms with Crippen LogP contribution in [-0.2, 0) is 6.54 Å². The molecule has 0 aliphatic carbocycles. The summed E-state index contributed by atoms with van der Waals surface area (Å²) in [6, 6.07) is 4.72. The van der Waals surface area contributed by atoms with Crippen LogP contribution >= 0.6 is 23.2 Å². The van der Waals surface area contributed by atoms with Gasteiger partial charge in [-0.15, -0.1) is 0 Å². The number of aromatic nitrogens is 4. The molecule has 3 N–H and O–H groups in total. The number of aliphatic hydroxyl groups excluding tert-OH is 2. The number of nitrogens with one attached hydrogen (secondary N) is 1. The Labute approximate surface area is 181 Å². The highest BCUT2D eigenvalue weighted by Crippen LogP contribution is 2.39. The Morgan fingerprint density at radius 2 is 2.03 bits per heavy atom. The van der Waals surface area contributed by atoms with Crippen molar-refractivity contribution in [1.29, 1.82) is 0 Å². The number of aromatic amines is 1. The zero-order valence-electron chi connectivity index (χ0n) is 16.0. The molecule has 0 fully saturated rings. The van der Waals surface area contributed by atoms with Gasteiger partial charge < -0.3 is 15.2 Å². The highest BCUT2D eigenvalue weighted by molar-refractivity contribution is 6.36. The van der Waals surface area contributed by atoms with Crippen LogP contribution in [0.1, 0.15) is 24.0 Å². The van der Waals surface area contributed by atoms with Crippen LogP contribution in [0.25, 0.3) is 22.2 Å². The van der Waals surface area contributed by atoms with Gasteiger partial charge in [0.15, 0.2) is 0 Å². The third-order valence-electron chi connectivity index (χ3n) is 5.12. The molecule has 0 amide bonds. The van der Waals surface area contributed by atoms with Gasteiger partial charge in [0, 0.05) is 46.0 Å². The van der Waals surface area contributed by atoms with E-state index in [2.05, 4.69) is 15.1 Å². The molecule has 9 heteroatoms. The van der Waals surface area contributed by atoms with Crippen molar-refractivity contribution in [2.75, 3.05) is 6.61 Å². The van der Waals surface area contributed by atoms with Crippen molar-refractivity contribution in [3.05, 3.63) is 70.0 Å². The molecule has 0 saturated carbocycles. The highest BCUT2D eigenvalue weighted by atomic mass is 35.5. The van der Waals surface area contributed by atoms with E-state index in [1.54, 1.807) is 23.3 Å². The Morgan fingerprint density at radius 3 is 2.80 bits per heavy atom. The van der Waals surface area contributed by atoms with Crippen LogP contribution in [0.5, 0.6) is 0 Å². The number of halogens is 3. The van der Waals surface area contributed by atoms with Gasteiger partial charge in [0.05, 0.1) is 30.5 Å². The summed E-state index contributed by atoms with van der Waals surface area (Å²) in [4.78, 5) is 7.62. The van der Waals surface area contributed by atoms with E-state index in [4.69, 9.17) is 28.3 Å². The fraction of sp³-hybridized carbons (Fsp3) is 0.238. The van der Waals surface area contributed by atoms with Crippen LogP contribution in [0.2, 0.25) is 10.0 Å². The molecule has 4 rings (SSSR count). The summed E-state index contributed by atoms with van der Waals surface area (Å²) in [6.45, 7) is 1.77. The molecule has 0 bridgehead atoms. The number of aliphatic hydroxyl groups is 2. The number of benzene rings is 1. The Balaban J connectivity index is 1.73. The van der Waals surface area contributed by atoms with Crippen molar-refractivity contribution >= 4 is 34.2 Å². The first-order valence-electron chi connectivity index (χ1n) is 9.31. The summed E-state index contributed by atoms with van der Waals surface area (Å²) < 4.78 is 15.6. The molecule has 0 aliphatic rings. The molecule has 3 aromatic heterocycles. The molecule has 1 aromatic carbocycles. The van der Waals surface area contributed by atoms with E-state index in [9.17, 15) is 9.50 Å². The summed E-state index contributed by atoms with van der Waals surface area (Å²) in [5.41, 5.74) is 3.74. The second-order valence-corrected chi connectivity index (χ2v) is 7.92. The number of pyridine rings is 1. The van der Waals surface area contributed by atoms with Gasteiger partial charge in [0.2, 0.25) is 0 Å². The Morgan fingerprint density at radius 1 is 1.23 bits per heavy atom. The van der Waals surface area contributed by atoms with Crippen molar-refractivity contribution < 1.29 is 14.6 Å². The van der Waals surface area contributed by atoms with E-state index >= 15 is 0 Å². The number of hydrogen-bond donors (Lipinski definition) is 3. The van der Waals surface area contributed by atoms with E-state index in [0.29, 0.717) is 16.2 Å². The van der Waals surface area contributed by atoms with Gasteiger partial charge in [-0.1, -0.05) is 30.1 Å². The van der Waals surface area contributed by atoms with E-state index in [0.717, 1.165) is 22.1 Å². The average molecular weight is 449 g/mol. The lowest BCUT2D eigenvalue weighted by atomic mass is 9.92. The number of nitrogens with zero attached hydrogens (tertiary/aromatic N) is 3. The second-order valence-electron chi connectivity index (χ2n) is 7.13. The smallest absolute Gasteiger partial charge is 0.142 e. The molecule has 0 radical (unpaired) electrons. The van der Waals surface area contributed by atoms with Crippen LogP contribution in [0.4, 0.5) is 4.39 Å². The number of hydrogen-bond acceptors (Lipinski definition) is 4. The lowest BCUT2D eigenvalue weighted by Crippen LogP contribution is -2.19. The van der Waals surface area contributed by atoms with E-state index in [1.165, 1.54) is 12.1 Å². The number of fused-ring (bicyclic) bond motifs is 1. The quantitative estimate of drug-likeness (QED) is 0.382. The van der Waals surface area contributed by atoms with Gasteiger partial charge in [-0.25, -0.2) is 9.37 Å². The largest absolute Gasteiger partial charge is 0.394 e. The van der Waals surface area contributed by atoms with E-state index in [-0.39, 0.29) is 24.1 Å². The Kier molecular flexibility index (Phi) is 5.79. The summed E-state index contributed by atoms with van der Waals surface area (Å²) >= 11 is 12.5. The third kappa shape index (κ3) is 3.81. The van der Waals surface area contributed by atoms with Crippen LogP contribution in [-0.4, -0.2) is 42.7 Å². The monoisotopic (exact) mass is 448 g/mol. The molecular weight excluding hydrogens is 430 g/mol. The normalized spacial score (nSPS) is 13.7. The lowest BCUT2D eigenvalue weighted by molar-refractivity contribution is 0.0783. The first-order valence-corrected chi connectivity index (χ1v) is 10.1. The molecule has 2 atom stereocenters. The topological polar surface area (TPSA) is 87.0 Å². The van der Waals surface area contributed by atoms with Crippen LogP contribution in [0, 0.1) is 5.82 Å². The lowest BCUT2D eigenvalue weighted by Gasteiger charge is -2.15. The predicted octanol–water partition coefficient (Wildman–Crippen LogP) is 4.38.